The Balaban J connectivity index is 1.66. The Bertz CT molecular complexity index is 1150. The predicted octanol–water partition coefficient (Wildman–Crippen LogP) is 4.44. The third-order valence-corrected chi connectivity index (χ3v) is 4.44. The predicted molar refractivity (Wildman–Crippen MR) is 96.1 cm³/mol. The van der Waals surface area contributed by atoms with Gasteiger partial charge in [-0.1, -0.05) is 0 Å². The van der Waals surface area contributed by atoms with Gasteiger partial charge < -0.3 is 10.6 Å². The molecule has 33 heavy (non-hydrogen) atoms. The number of alkyl halides is 8. The average molecular weight is 480 g/mol. The first-order valence-corrected chi connectivity index (χ1v) is 9.12. The van der Waals surface area contributed by atoms with Crippen LogP contribution in [0.2, 0.25) is 0 Å². The molecule has 3 aromatic rings. The van der Waals surface area contributed by atoms with Crippen molar-refractivity contribution in [1.29, 1.82) is 0 Å². The summed E-state index contributed by atoms with van der Waals surface area (Å²) in [5, 5.41) is 8.41. The van der Waals surface area contributed by atoms with Crippen LogP contribution in [-0.2, 0) is 12.4 Å². The SMILES string of the molecule is FC1(F)CC(Nc2nc(Nc3ccnc(C(F)(F)F)c3)nc(-n3ccc(C(F)(F)F)n3)n2)C1. The van der Waals surface area contributed by atoms with Crippen LogP contribution >= 0.6 is 0 Å². The fourth-order valence-corrected chi connectivity index (χ4v) is 2.91. The van der Waals surface area contributed by atoms with Gasteiger partial charge in [-0.15, -0.1) is 0 Å². The molecule has 0 amide bonds. The molecule has 176 valence electrons. The van der Waals surface area contributed by atoms with Crippen LogP contribution in [0.5, 0.6) is 0 Å². The summed E-state index contributed by atoms with van der Waals surface area (Å²) in [5.41, 5.74) is -2.58. The number of hydrogen-bond donors (Lipinski definition) is 2. The van der Waals surface area contributed by atoms with Crippen LogP contribution in [0.4, 0.5) is 52.7 Å². The van der Waals surface area contributed by atoms with Crippen molar-refractivity contribution in [1.82, 2.24) is 29.7 Å². The molecule has 0 aromatic carbocycles. The monoisotopic (exact) mass is 480 g/mol. The minimum absolute atomic E-state index is 0.132. The molecule has 1 saturated carbocycles. The normalized spacial score (nSPS) is 16.4. The second kappa shape index (κ2) is 7.77. The molecule has 8 nitrogen and oxygen atoms in total. The van der Waals surface area contributed by atoms with Crippen molar-refractivity contribution < 1.29 is 35.1 Å². The van der Waals surface area contributed by atoms with Crippen molar-refractivity contribution in [2.24, 2.45) is 0 Å². The van der Waals surface area contributed by atoms with E-state index in [1.807, 2.05) is 0 Å². The molecule has 3 aromatic heterocycles. The van der Waals surface area contributed by atoms with Gasteiger partial charge in [0.1, 0.15) is 5.69 Å². The minimum atomic E-state index is -4.75. The highest BCUT2D eigenvalue weighted by atomic mass is 19.4. The fourth-order valence-electron chi connectivity index (χ4n) is 2.91. The van der Waals surface area contributed by atoms with Crippen molar-refractivity contribution in [2.45, 2.75) is 37.2 Å². The van der Waals surface area contributed by atoms with E-state index in [0.29, 0.717) is 16.8 Å². The van der Waals surface area contributed by atoms with Gasteiger partial charge in [-0.3, -0.25) is 4.98 Å². The molecular weight excluding hydrogens is 468 g/mol. The first-order valence-electron chi connectivity index (χ1n) is 9.12. The first-order chi connectivity index (χ1) is 15.3. The van der Waals surface area contributed by atoms with Crippen LogP contribution in [-0.4, -0.2) is 41.7 Å². The largest absolute Gasteiger partial charge is 0.435 e. The van der Waals surface area contributed by atoms with Crippen molar-refractivity contribution in [3.05, 3.63) is 42.0 Å². The molecule has 4 rings (SSSR count). The van der Waals surface area contributed by atoms with Gasteiger partial charge in [-0.2, -0.15) is 46.4 Å². The molecule has 0 aliphatic heterocycles. The van der Waals surface area contributed by atoms with Crippen LogP contribution < -0.4 is 10.6 Å². The lowest BCUT2D eigenvalue weighted by Gasteiger charge is -2.35. The summed E-state index contributed by atoms with van der Waals surface area (Å²) in [6.07, 6.45) is -8.72. The van der Waals surface area contributed by atoms with Crippen molar-refractivity contribution in [3.8, 4) is 5.95 Å². The van der Waals surface area contributed by atoms with E-state index in [-0.39, 0.29) is 17.6 Å². The highest BCUT2D eigenvalue weighted by Gasteiger charge is 2.45. The number of nitrogens with zero attached hydrogens (tertiary/aromatic N) is 6. The second-order valence-electron chi connectivity index (χ2n) is 7.08. The standard InChI is InChI=1S/C17H12F8N8/c18-15(19)6-9(7-15)28-13-29-12(27-8-1-3-26-11(5-8)17(23,24)25)30-14(31-13)33-4-2-10(32-33)16(20,21)22/h1-5,9H,6-7H2,(H2,26,27,28,29,30,31). The second-order valence-corrected chi connectivity index (χ2v) is 7.08. The summed E-state index contributed by atoms with van der Waals surface area (Å²) in [6.45, 7) is 0. The zero-order valence-electron chi connectivity index (χ0n) is 16.1. The number of hydrogen-bond acceptors (Lipinski definition) is 7. The third kappa shape index (κ3) is 5.25. The van der Waals surface area contributed by atoms with Crippen molar-refractivity contribution >= 4 is 17.6 Å². The molecule has 0 spiro atoms. The molecule has 1 fully saturated rings. The van der Waals surface area contributed by atoms with Gasteiger partial charge in [0.05, 0.1) is 0 Å². The summed E-state index contributed by atoms with van der Waals surface area (Å²) < 4.78 is 104. The quantitative estimate of drug-likeness (QED) is 0.522. The van der Waals surface area contributed by atoms with E-state index in [1.165, 1.54) is 6.07 Å². The number of pyridine rings is 1. The smallest absolute Gasteiger partial charge is 0.351 e. The van der Waals surface area contributed by atoms with E-state index in [2.05, 4.69) is 35.7 Å². The Morgan fingerprint density at radius 1 is 0.909 bits per heavy atom. The maximum Gasteiger partial charge on any atom is 0.435 e. The first kappa shape index (κ1) is 22.6. The lowest BCUT2D eigenvalue weighted by molar-refractivity contribution is -0.142. The summed E-state index contributed by atoms with van der Waals surface area (Å²) in [4.78, 5) is 14.9. The van der Waals surface area contributed by atoms with E-state index in [1.54, 1.807) is 0 Å². The van der Waals surface area contributed by atoms with Crippen LogP contribution in [0.25, 0.3) is 5.95 Å². The molecule has 1 aliphatic carbocycles. The highest BCUT2D eigenvalue weighted by Crippen LogP contribution is 2.39. The van der Waals surface area contributed by atoms with Gasteiger partial charge in [0, 0.05) is 37.0 Å². The van der Waals surface area contributed by atoms with Gasteiger partial charge in [0.25, 0.3) is 11.9 Å². The van der Waals surface area contributed by atoms with Crippen molar-refractivity contribution in [2.75, 3.05) is 10.6 Å². The van der Waals surface area contributed by atoms with E-state index in [4.69, 9.17) is 0 Å². The zero-order chi connectivity index (χ0) is 24.0. The zero-order valence-corrected chi connectivity index (χ0v) is 16.1. The summed E-state index contributed by atoms with van der Waals surface area (Å²) in [7, 11) is 0. The molecule has 2 N–H and O–H groups in total. The molecular formula is C17H12F8N8. The number of nitrogens with one attached hydrogen (secondary N) is 2. The Hall–Kier alpha value is -3.59. The lowest BCUT2D eigenvalue weighted by Crippen LogP contribution is -2.44. The average Bonchev–Trinajstić information content (AvgIpc) is 3.17. The fraction of sp³-hybridized carbons (Fsp3) is 0.353. The van der Waals surface area contributed by atoms with Gasteiger partial charge in [0.2, 0.25) is 11.9 Å². The van der Waals surface area contributed by atoms with Crippen LogP contribution in [0, 0.1) is 0 Å². The Morgan fingerprint density at radius 2 is 1.58 bits per heavy atom. The molecule has 16 heteroatoms. The minimum Gasteiger partial charge on any atom is -0.351 e. The van der Waals surface area contributed by atoms with E-state index >= 15 is 0 Å². The Kier molecular flexibility index (Phi) is 5.32. The van der Waals surface area contributed by atoms with Gasteiger partial charge in [-0.05, 0) is 18.2 Å². The molecule has 1 aliphatic rings. The topological polar surface area (TPSA) is 93.4 Å². The molecule has 0 radical (unpaired) electrons. The van der Waals surface area contributed by atoms with E-state index in [9.17, 15) is 35.1 Å². The maximum absolute atomic E-state index is 13.1. The molecule has 0 saturated heterocycles. The summed E-state index contributed by atoms with van der Waals surface area (Å²) >= 11 is 0. The Labute approximate surface area is 179 Å². The molecule has 0 atom stereocenters. The van der Waals surface area contributed by atoms with E-state index < -0.39 is 54.5 Å². The van der Waals surface area contributed by atoms with Crippen LogP contribution in [0.1, 0.15) is 24.2 Å². The summed E-state index contributed by atoms with van der Waals surface area (Å²) in [6, 6.07) is 1.78. The molecule has 0 unspecified atom stereocenters. The molecule has 0 bridgehead atoms. The molecule has 3 heterocycles. The third-order valence-electron chi connectivity index (χ3n) is 4.44. The van der Waals surface area contributed by atoms with Crippen LogP contribution in [0.15, 0.2) is 30.6 Å². The van der Waals surface area contributed by atoms with Crippen molar-refractivity contribution in [3.63, 3.8) is 0 Å². The summed E-state index contributed by atoms with van der Waals surface area (Å²) in [5.74, 6) is -3.95. The number of rotatable bonds is 5. The Morgan fingerprint density at radius 3 is 2.18 bits per heavy atom. The number of anilines is 3. The van der Waals surface area contributed by atoms with Gasteiger partial charge in [0.15, 0.2) is 5.69 Å². The van der Waals surface area contributed by atoms with Gasteiger partial charge >= 0.3 is 12.4 Å². The van der Waals surface area contributed by atoms with Crippen LogP contribution in [0.3, 0.4) is 0 Å². The number of halogens is 8. The highest BCUT2D eigenvalue weighted by molar-refractivity contribution is 5.55. The van der Waals surface area contributed by atoms with Gasteiger partial charge in [-0.25, -0.2) is 13.5 Å². The van der Waals surface area contributed by atoms with E-state index in [0.717, 1.165) is 12.4 Å². The lowest BCUT2D eigenvalue weighted by atomic mass is 9.88. The maximum atomic E-state index is 13.1. The number of aromatic nitrogens is 6.